The second-order valence-electron chi connectivity index (χ2n) is 4.63. The Kier molecular flexibility index (Phi) is 4.71. The zero-order valence-electron chi connectivity index (χ0n) is 10.8. The van der Waals surface area contributed by atoms with Crippen LogP contribution < -0.4 is 5.32 Å². The van der Waals surface area contributed by atoms with Gasteiger partial charge in [-0.1, -0.05) is 18.2 Å². The third-order valence-corrected chi connectivity index (χ3v) is 3.01. The van der Waals surface area contributed by atoms with Crippen molar-refractivity contribution in [1.82, 2.24) is 5.32 Å². The van der Waals surface area contributed by atoms with Crippen LogP contribution in [0.3, 0.4) is 0 Å². The fraction of sp³-hybridized carbons (Fsp3) is 0.333. The van der Waals surface area contributed by atoms with Crippen molar-refractivity contribution in [3.05, 3.63) is 59.8 Å². The Morgan fingerprint density at radius 2 is 2.05 bits per heavy atom. The number of nitrogens with one attached hydrogen (secondary N) is 1. The highest BCUT2D eigenvalue weighted by Crippen LogP contribution is 2.16. The number of aliphatic hydroxyl groups excluding tert-OH is 1. The first-order chi connectivity index (χ1) is 9.16. The summed E-state index contributed by atoms with van der Waals surface area (Å²) in [5.41, 5.74) is 0.320. The van der Waals surface area contributed by atoms with Gasteiger partial charge in [0, 0.05) is 24.6 Å². The number of benzene rings is 1. The van der Waals surface area contributed by atoms with Crippen LogP contribution >= 0.6 is 0 Å². The molecule has 3 nitrogen and oxygen atoms in total. The van der Waals surface area contributed by atoms with Gasteiger partial charge in [-0.05, 0) is 25.1 Å². The fourth-order valence-corrected chi connectivity index (χ4v) is 1.97. The fourth-order valence-electron chi connectivity index (χ4n) is 1.97. The lowest BCUT2D eigenvalue weighted by atomic mass is 10.1. The summed E-state index contributed by atoms with van der Waals surface area (Å²) in [4.78, 5) is 0. The van der Waals surface area contributed by atoms with Crippen molar-refractivity contribution < 1.29 is 13.9 Å². The van der Waals surface area contributed by atoms with Gasteiger partial charge in [-0.25, -0.2) is 4.39 Å². The molecule has 2 N–H and O–H groups in total. The smallest absolute Gasteiger partial charge is 0.129 e. The summed E-state index contributed by atoms with van der Waals surface area (Å²) in [6.45, 7) is 2.30. The van der Waals surface area contributed by atoms with E-state index in [1.807, 2.05) is 19.1 Å². The molecule has 1 heterocycles. The Balaban J connectivity index is 1.83. The third-order valence-electron chi connectivity index (χ3n) is 3.01. The molecule has 2 atom stereocenters. The Bertz CT molecular complexity index is 499. The molecule has 1 aromatic heterocycles. The van der Waals surface area contributed by atoms with E-state index >= 15 is 0 Å². The van der Waals surface area contributed by atoms with E-state index in [1.54, 1.807) is 24.5 Å². The molecule has 19 heavy (non-hydrogen) atoms. The first-order valence-corrected chi connectivity index (χ1v) is 6.35. The molecule has 0 radical (unpaired) electrons. The standard InChI is InChI=1S/C15H18FNO2/c1-11(9-12-5-4-8-19-12)17-10-15(18)13-6-2-3-7-14(13)16/h2-8,11,15,17-18H,9-10H2,1H3. The summed E-state index contributed by atoms with van der Waals surface area (Å²) in [6, 6.07) is 10.2. The molecule has 102 valence electrons. The van der Waals surface area contributed by atoms with Crippen molar-refractivity contribution in [2.45, 2.75) is 25.5 Å². The van der Waals surface area contributed by atoms with Crippen LogP contribution in [0.4, 0.5) is 4.39 Å². The molecule has 2 aromatic rings. The Morgan fingerprint density at radius 1 is 1.26 bits per heavy atom. The quantitative estimate of drug-likeness (QED) is 0.842. The van der Waals surface area contributed by atoms with Crippen LogP contribution in [-0.2, 0) is 6.42 Å². The maximum atomic E-state index is 13.5. The SMILES string of the molecule is CC(Cc1ccco1)NCC(O)c1ccccc1F. The van der Waals surface area contributed by atoms with Gasteiger partial charge in [0.25, 0.3) is 0 Å². The van der Waals surface area contributed by atoms with Crippen LogP contribution in [0.2, 0.25) is 0 Å². The Morgan fingerprint density at radius 3 is 2.74 bits per heavy atom. The van der Waals surface area contributed by atoms with E-state index in [2.05, 4.69) is 5.32 Å². The van der Waals surface area contributed by atoms with Crippen LogP contribution in [0.25, 0.3) is 0 Å². The van der Waals surface area contributed by atoms with Gasteiger partial charge in [0.05, 0.1) is 12.4 Å². The van der Waals surface area contributed by atoms with Crippen molar-refractivity contribution in [1.29, 1.82) is 0 Å². The average molecular weight is 263 g/mol. The molecule has 0 spiro atoms. The monoisotopic (exact) mass is 263 g/mol. The van der Waals surface area contributed by atoms with Gasteiger partial charge in [0.2, 0.25) is 0 Å². The topological polar surface area (TPSA) is 45.4 Å². The van der Waals surface area contributed by atoms with Crippen LogP contribution in [0.1, 0.15) is 24.4 Å². The van der Waals surface area contributed by atoms with Crippen LogP contribution in [0, 0.1) is 5.82 Å². The average Bonchev–Trinajstić information content (AvgIpc) is 2.89. The summed E-state index contributed by atoms with van der Waals surface area (Å²) in [7, 11) is 0. The Labute approximate surface area is 112 Å². The number of rotatable bonds is 6. The molecule has 0 saturated heterocycles. The molecular weight excluding hydrogens is 245 g/mol. The maximum Gasteiger partial charge on any atom is 0.129 e. The maximum absolute atomic E-state index is 13.5. The molecule has 0 fully saturated rings. The molecule has 0 saturated carbocycles. The lowest BCUT2D eigenvalue weighted by molar-refractivity contribution is 0.165. The van der Waals surface area contributed by atoms with Crippen LogP contribution in [0.5, 0.6) is 0 Å². The first kappa shape index (κ1) is 13.8. The minimum atomic E-state index is -0.847. The summed E-state index contributed by atoms with van der Waals surface area (Å²) in [5.74, 6) is 0.510. The van der Waals surface area contributed by atoms with E-state index in [1.165, 1.54) is 6.07 Å². The van der Waals surface area contributed by atoms with Crippen molar-refractivity contribution in [2.75, 3.05) is 6.54 Å². The van der Waals surface area contributed by atoms with Gasteiger partial charge in [0.1, 0.15) is 11.6 Å². The molecule has 2 rings (SSSR count). The Hall–Kier alpha value is -1.65. The number of hydrogen-bond acceptors (Lipinski definition) is 3. The lowest BCUT2D eigenvalue weighted by Crippen LogP contribution is -2.32. The van der Waals surface area contributed by atoms with E-state index in [-0.39, 0.29) is 11.9 Å². The number of halogens is 1. The molecule has 0 amide bonds. The predicted molar refractivity (Wildman–Crippen MR) is 71.2 cm³/mol. The molecule has 1 aromatic carbocycles. The van der Waals surface area contributed by atoms with Gasteiger partial charge in [-0.15, -0.1) is 0 Å². The van der Waals surface area contributed by atoms with E-state index in [4.69, 9.17) is 4.42 Å². The minimum absolute atomic E-state index is 0.146. The molecular formula is C15H18FNO2. The minimum Gasteiger partial charge on any atom is -0.469 e. The highest BCUT2D eigenvalue weighted by atomic mass is 19.1. The van der Waals surface area contributed by atoms with Gasteiger partial charge in [0.15, 0.2) is 0 Å². The van der Waals surface area contributed by atoms with Crippen molar-refractivity contribution in [3.8, 4) is 0 Å². The number of aliphatic hydroxyl groups is 1. The van der Waals surface area contributed by atoms with Crippen LogP contribution in [-0.4, -0.2) is 17.7 Å². The van der Waals surface area contributed by atoms with Crippen molar-refractivity contribution in [3.63, 3.8) is 0 Å². The zero-order valence-corrected chi connectivity index (χ0v) is 10.8. The van der Waals surface area contributed by atoms with Gasteiger partial charge in [-0.3, -0.25) is 0 Å². The predicted octanol–water partition coefficient (Wildman–Crippen LogP) is 2.67. The largest absolute Gasteiger partial charge is 0.469 e. The number of furan rings is 1. The number of hydrogen-bond donors (Lipinski definition) is 2. The second-order valence-corrected chi connectivity index (χ2v) is 4.63. The highest BCUT2D eigenvalue weighted by Gasteiger charge is 2.13. The third kappa shape index (κ3) is 3.91. The van der Waals surface area contributed by atoms with E-state index < -0.39 is 6.10 Å². The zero-order chi connectivity index (χ0) is 13.7. The molecule has 0 aliphatic heterocycles. The van der Waals surface area contributed by atoms with Gasteiger partial charge >= 0.3 is 0 Å². The first-order valence-electron chi connectivity index (χ1n) is 6.35. The summed E-state index contributed by atoms with van der Waals surface area (Å²) >= 11 is 0. The van der Waals surface area contributed by atoms with Crippen molar-refractivity contribution >= 4 is 0 Å². The summed E-state index contributed by atoms with van der Waals surface area (Å²) in [5, 5.41) is 13.1. The van der Waals surface area contributed by atoms with Gasteiger partial charge in [-0.2, -0.15) is 0 Å². The van der Waals surface area contributed by atoms with Gasteiger partial charge < -0.3 is 14.8 Å². The summed E-state index contributed by atoms with van der Waals surface area (Å²) < 4.78 is 18.7. The van der Waals surface area contributed by atoms with E-state index in [0.717, 1.165) is 12.2 Å². The van der Waals surface area contributed by atoms with Crippen molar-refractivity contribution in [2.24, 2.45) is 0 Å². The molecule has 0 bridgehead atoms. The van der Waals surface area contributed by atoms with E-state index in [0.29, 0.717) is 12.1 Å². The molecule has 4 heteroatoms. The lowest BCUT2D eigenvalue weighted by Gasteiger charge is -2.17. The summed E-state index contributed by atoms with van der Waals surface area (Å²) in [6.07, 6.45) is 1.52. The van der Waals surface area contributed by atoms with E-state index in [9.17, 15) is 9.50 Å². The molecule has 2 unspecified atom stereocenters. The highest BCUT2D eigenvalue weighted by molar-refractivity contribution is 5.20. The second kappa shape index (κ2) is 6.50. The molecule has 0 aliphatic carbocycles. The molecule has 0 aliphatic rings. The van der Waals surface area contributed by atoms with Crippen LogP contribution in [0.15, 0.2) is 47.1 Å². The normalized spacial score (nSPS) is 14.3.